The van der Waals surface area contributed by atoms with Gasteiger partial charge in [-0.3, -0.25) is 14.2 Å². The quantitative estimate of drug-likeness (QED) is 0.422. The zero-order valence-corrected chi connectivity index (χ0v) is 18.5. The highest BCUT2D eigenvalue weighted by Gasteiger charge is 2.15. The monoisotopic (exact) mass is 424 g/mol. The summed E-state index contributed by atoms with van der Waals surface area (Å²) in [5.74, 6) is 0.119. The molecule has 3 aromatic rings. The van der Waals surface area contributed by atoms with Crippen molar-refractivity contribution in [2.45, 2.75) is 31.1 Å². The number of nitrogens with zero attached hydrogens (tertiary/aromatic N) is 3. The first-order valence-corrected chi connectivity index (χ1v) is 11.1. The van der Waals surface area contributed by atoms with Crippen molar-refractivity contribution in [1.29, 1.82) is 0 Å². The second-order valence-corrected chi connectivity index (χ2v) is 8.46. The number of thioether (sulfide) groups is 1. The van der Waals surface area contributed by atoms with Crippen molar-refractivity contribution in [2.75, 3.05) is 26.4 Å². The number of aromatic nitrogens is 2. The van der Waals surface area contributed by atoms with Crippen molar-refractivity contribution in [1.82, 2.24) is 19.8 Å². The second-order valence-electron chi connectivity index (χ2n) is 7.51. The van der Waals surface area contributed by atoms with Crippen LogP contribution in [0.25, 0.3) is 10.9 Å². The summed E-state index contributed by atoms with van der Waals surface area (Å²) in [6.45, 7) is 3.40. The van der Waals surface area contributed by atoms with Gasteiger partial charge in [0.1, 0.15) is 0 Å². The van der Waals surface area contributed by atoms with Gasteiger partial charge in [-0.05, 0) is 51.7 Å². The summed E-state index contributed by atoms with van der Waals surface area (Å²) in [7, 11) is 4.02. The number of rotatable bonds is 9. The van der Waals surface area contributed by atoms with Gasteiger partial charge >= 0.3 is 0 Å². The van der Waals surface area contributed by atoms with Crippen LogP contribution in [-0.4, -0.2) is 46.8 Å². The molecule has 0 saturated heterocycles. The molecule has 1 heterocycles. The molecule has 1 atom stereocenters. The zero-order valence-electron chi connectivity index (χ0n) is 17.7. The topological polar surface area (TPSA) is 67.2 Å². The first kappa shape index (κ1) is 22.1. The summed E-state index contributed by atoms with van der Waals surface area (Å²) in [6, 6.07) is 17.1. The molecule has 0 aliphatic rings. The number of carbonyl (C=O) groups is 1. The largest absolute Gasteiger partial charge is 0.349 e. The van der Waals surface area contributed by atoms with E-state index in [9.17, 15) is 9.59 Å². The van der Waals surface area contributed by atoms with Crippen LogP contribution >= 0.6 is 11.8 Å². The van der Waals surface area contributed by atoms with Crippen molar-refractivity contribution >= 4 is 28.6 Å². The van der Waals surface area contributed by atoms with Crippen LogP contribution in [-0.2, 0) is 11.3 Å². The fourth-order valence-corrected chi connectivity index (χ4v) is 4.07. The summed E-state index contributed by atoms with van der Waals surface area (Å²) in [6.07, 6.45) is 0.831. The number of nitrogens with one attached hydrogen (secondary N) is 1. The molecule has 30 heavy (non-hydrogen) atoms. The molecule has 0 aliphatic carbocycles. The van der Waals surface area contributed by atoms with Gasteiger partial charge in [0.15, 0.2) is 5.16 Å². The van der Waals surface area contributed by atoms with Crippen molar-refractivity contribution in [3.8, 4) is 0 Å². The Morgan fingerprint density at radius 1 is 1.13 bits per heavy atom. The molecule has 0 spiro atoms. The van der Waals surface area contributed by atoms with Crippen molar-refractivity contribution in [2.24, 2.45) is 0 Å². The molecule has 7 heteroatoms. The van der Waals surface area contributed by atoms with E-state index in [1.165, 1.54) is 11.8 Å². The molecule has 1 amide bonds. The fourth-order valence-electron chi connectivity index (χ4n) is 3.24. The van der Waals surface area contributed by atoms with Gasteiger partial charge in [0, 0.05) is 6.54 Å². The molecule has 158 valence electrons. The average molecular weight is 425 g/mol. The molecule has 0 fully saturated rings. The summed E-state index contributed by atoms with van der Waals surface area (Å²) < 4.78 is 1.70. The van der Waals surface area contributed by atoms with Crippen LogP contribution < -0.4 is 10.9 Å². The Morgan fingerprint density at radius 2 is 1.83 bits per heavy atom. The SMILES string of the molecule is C[C@@H](NC(=O)CSc1nc2ccccc2c(=O)n1CCCN(C)C)c1ccccc1. The van der Waals surface area contributed by atoms with Crippen molar-refractivity contribution < 1.29 is 4.79 Å². The lowest BCUT2D eigenvalue weighted by atomic mass is 10.1. The molecular formula is C23H28N4O2S. The molecule has 1 N–H and O–H groups in total. The summed E-state index contributed by atoms with van der Waals surface area (Å²) in [5, 5.41) is 4.20. The van der Waals surface area contributed by atoms with Crippen LogP contribution in [0.5, 0.6) is 0 Å². The van der Waals surface area contributed by atoms with Crippen molar-refractivity contribution in [3.05, 3.63) is 70.5 Å². The second kappa shape index (κ2) is 10.4. The van der Waals surface area contributed by atoms with E-state index in [-0.39, 0.29) is 23.3 Å². The minimum Gasteiger partial charge on any atom is -0.349 e. The van der Waals surface area contributed by atoms with E-state index < -0.39 is 0 Å². The molecule has 0 bridgehead atoms. The number of carbonyl (C=O) groups excluding carboxylic acids is 1. The molecule has 1 aromatic heterocycles. The predicted molar refractivity (Wildman–Crippen MR) is 123 cm³/mol. The molecule has 0 radical (unpaired) electrons. The van der Waals surface area contributed by atoms with Crippen LogP contribution in [0.2, 0.25) is 0 Å². The van der Waals surface area contributed by atoms with Gasteiger partial charge < -0.3 is 10.2 Å². The normalized spacial score (nSPS) is 12.3. The average Bonchev–Trinajstić information content (AvgIpc) is 2.74. The van der Waals surface area contributed by atoms with Gasteiger partial charge in [0.05, 0.1) is 22.7 Å². The minimum atomic E-state index is -0.0846. The maximum atomic E-state index is 13.0. The maximum absolute atomic E-state index is 13.0. The van der Waals surface area contributed by atoms with Crippen LogP contribution in [0, 0.1) is 0 Å². The highest BCUT2D eigenvalue weighted by molar-refractivity contribution is 7.99. The lowest BCUT2D eigenvalue weighted by Gasteiger charge is -2.16. The van der Waals surface area contributed by atoms with E-state index in [1.807, 2.05) is 69.6 Å². The van der Waals surface area contributed by atoms with Crippen LogP contribution in [0.15, 0.2) is 64.5 Å². The summed E-state index contributed by atoms with van der Waals surface area (Å²) >= 11 is 1.31. The number of benzene rings is 2. The Kier molecular flexibility index (Phi) is 7.65. The Labute approximate surface area is 181 Å². The number of fused-ring (bicyclic) bond motifs is 1. The number of amides is 1. The van der Waals surface area contributed by atoms with Crippen molar-refractivity contribution in [3.63, 3.8) is 0 Å². The Bertz CT molecular complexity index is 1050. The molecule has 3 rings (SSSR count). The van der Waals surface area contributed by atoms with Gasteiger partial charge in [-0.1, -0.05) is 54.2 Å². The highest BCUT2D eigenvalue weighted by Crippen LogP contribution is 2.19. The number of hydrogen-bond donors (Lipinski definition) is 1. The summed E-state index contributed by atoms with van der Waals surface area (Å²) in [4.78, 5) is 32.3. The Hall–Kier alpha value is -2.64. The third-order valence-corrected chi connectivity index (χ3v) is 5.80. The summed E-state index contributed by atoms with van der Waals surface area (Å²) in [5.41, 5.74) is 1.66. The molecule has 0 aliphatic heterocycles. The van der Waals surface area contributed by atoms with E-state index in [0.717, 1.165) is 18.5 Å². The van der Waals surface area contributed by atoms with E-state index in [1.54, 1.807) is 10.6 Å². The van der Waals surface area contributed by atoms with Gasteiger partial charge in [-0.15, -0.1) is 0 Å². The fraction of sp³-hybridized carbons (Fsp3) is 0.348. The standard InChI is InChI=1S/C23H28N4O2S/c1-17(18-10-5-4-6-11-18)24-21(28)16-30-23-25-20-13-8-7-12-19(20)22(29)27(23)15-9-14-26(2)3/h4-8,10-13,17H,9,14-16H2,1-3H3,(H,24,28)/t17-/m1/s1. The van der Waals surface area contributed by atoms with Crippen LogP contribution in [0.1, 0.15) is 24.9 Å². The van der Waals surface area contributed by atoms with Gasteiger partial charge in [0.2, 0.25) is 5.91 Å². The van der Waals surface area contributed by atoms with Gasteiger partial charge in [-0.25, -0.2) is 4.98 Å². The molecule has 2 aromatic carbocycles. The number of para-hydroxylation sites is 1. The molecule has 0 saturated carbocycles. The molecule has 0 unspecified atom stereocenters. The minimum absolute atomic E-state index is 0.0556. The Morgan fingerprint density at radius 3 is 2.57 bits per heavy atom. The predicted octanol–water partition coefficient (Wildman–Crippen LogP) is 3.32. The lowest BCUT2D eigenvalue weighted by Crippen LogP contribution is -2.29. The molecular weight excluding hydrogens is 396 g/mol. The van der Waals surface area contributed by atoms with Crippen LogP contribution in [0.4, 0.5) is 0 Å². The first-order chi connectivity index (χ1) is 14.5. The highest BCUT2D eigenvalue weighted by atomic mass is 32.2. The van der Waals surface area contributed by atoms with E-state index >= 15 is 0 Å². The molecule has 6 nitrogen and oxygen atoms in total. The third-order valence-electron chi connectivity index (χ3n) is 4.82. The smallest absolute Gasteiger partial charge is 0.262 e. The third kappa shape index (κ3) is 5.70. The first-order valence-electron chi connectivity index (χ1n) is 10.1. The zero-order chi connectivity index (χ0) is 21.5. The van der Waals surface area contributed by atoms with Gasteiger partial charge in [0.25, 0.3) is 5.56 Å². The van der Waals surface area contributed by atoms with E-state index in [4.69, 9.17) is 0 Å². The lowest BCUT2D eigenvalue weighted by molar-refractivity contribution is -0.119. The van der Waals surface area contributed by atoms with E-state index in [0.29, 0.717) is 22.6 Å². The Balaban J connectivity index is 1.75. The van der Waals surface area contributed by atoms with E-state index in [2.05, 4.69) is 15.2 Å². The maximum Gasteiger partial charge on any atom is 0.262 e. The van der Waals surface area contributed by atoms with Gasteiger partial charge in [-0.2, -0.15) is 0 Å². The number of hydrogen-bond acceptors (Lipinski definition) is 5. The van der Waals surface area contributed by atoms with Crippen LogP contribution in [0.3, 0.4) is 0 Å².